The van der Waals surface area contributed by atoms with Crippen molar-refractivity contribution in [1.82, 2.24) is 10.3 Å². The lowest BCUT2D eigenvalue weighted by atomic mass is 10.2. The lowest BCUT2D eigenvalue weighted by molar-refractivity contribution is -0.137. The number of aliphatic carboxylic acids is 1. The molecule has 1 rings (SSSR count). The minimum absolute atomic E-state index is 0.174. The van der Waals surface area contributed by atoms with Crippen LogP contribution in [-0.4, -0.2) is 28.5 Å². The average molecular weight is 285 g/mol. The summed E-state index contributed by atoms with van der Waals surface area (Å²) in [7, 11) is 0. The first-order chi connectivity index (χ1) is 8.99. The molecule has 1 amide bonds. The van der Waals surface area contributed by atoms with Crippen molar-refractivity contribution in [2.24, 2.45) is 0 Å². The molecule has 0 aliphatic heterocycles. The van der Waals surface area contributed by atoms with Gasteiger partial charge in [0.25, 0.3) is 5.91 Å². The van der Waals surface area contributed by atoms with Gasteiger partial charge in [0.1, 0.15) is 5.15 Å². The monoisotopic (exact) mass is 284 g/mol. The van der Waals surface area contributed by atoms with E-state index in [9.17, 15) is 9.59 Å². The van der Waals surface area contributed by atoms with Crippen LogP contribution in [0.25, 0.3) is 0 Å². The van der Waals surface area contributed by atoms with E-state index in [4.69, 9.17) is 16.7 Å². The number of unbranched alkanes of at least 4 members (excludes halogenated alkanes) is 2. The number of halogens is 1. The molecule has 6 heteroatoms. The van der Waals surface area contributed by atoms with E-state index in [2.05, 4.69) is 10.3 Å². The highest BCUT2D eigenvalue weighted by Crippen LogP contribution is 2.10. The van der Waals surface area contributed by atoms with E-state index in [1.807, 2.05) is 0 Å². The lowest BCUT2D eigenvalue weighted by Crippen LogP contribution is -2.24. The van der Waals surface area contributed by atoms with E-state index in [0.717, 1.165) is 12.8 Å². The first kappa shape index (κ1) is 15.4. The second-order valence-electron chi connectivity index (χ2n) is 4.28. The second-order valence-corrected chi connectivity index (χ2v) is 4.67. The van der Waals surface area contributed by atoms with Crippen molar-refractivity contribution < 1.29 is 14.7 Å². The summed E-state index contributed by atoms with van der Waals surface area (Å²) >= 11 is 5.78. The lowest BCUT2D eigenvalue weighted by Gasteiger charge is -2.06. The van der Waals surface area contributed by atoms with Gasteiger partial charge in [0.15, 0.2) is 0 Å². The summed E-state index contributed by atoms with van der Waals surface area (Å²) in [5, 5.41) is 11.5. The maximum atomic E-state index is 11.8. The summed E-state index contributed by atoms with van der Waals surface area (Å²) in [6.45, 7) is 2.30. The minimum atomic E-state index is -0.786. The number of carbonyl (C=O) groups is 2. The van der Waals surface area contributed by atoms with Gasteiger partial charge in [0, 0.05) is 24.2 Å². The highest BCUT2D eigenvalue weighted by atomic mass is 35.5. The van der Waals surface area contributed by atoms with Crippen LogP contribution < -0.4 is 5.32 Å². The Kier molecular flexibility index (Phi) is 6.29. The van der Waals surface area contributed by atoms with Crippen LogP contribution in [0.3, 0.4) is 0 Å². The predicted molar refractivity (Wildman–Crippen MR) is 72.4 cm³/mol. The van der Waals surface area contributed by atoms with Crippen LogP contribution in [0.1, 0.15) is 41.7 Å². The molecule has 0 fully saturated rings. The molecule has 0 bridgehead atoms. The molecule has 104 valence electrons. The topological polar surface area (TPSA) is 79.3 Å². The summed E-state index contributed by atoms with van der Waals surface area (Å²) in [6.07, 6.45) is 2.35. The highest BCUT2D eigenvalue weighted by molar-refractivity contribution is 6.29. The molecule has 0 atom stereocenters. The van der Waals surface area contributed by atoms with Crippen LogP contribution in [0.4, 0.5) is 0 Å². The largest absolute Gasteiger partial charge is 0.481 e. The number of nitrogens with zero attached hydrogens (tertiary/aromatic N) is 1. The highest BCUT2D eigenvalue weighted by Gasteiger charge is 2.07. The molecular weight excluding hydrogens is 268 g/mol. The van der Waals surface area contributed by atoms with Gasteiger partial charge >= 0.3 is 5.97 Å². The fourth-order valence-electron chi connectivity index (χ4n) is 1.64. The van der Waals surface area contributed by atoms with Crippen LogP contribution in [-0.2, 0) is 4.79 Å². The molecule has 0 saturated carbocycles. The Morgan fingerprint density at radius 1 is 1.32 bits per heavy atom. The van der Waals surface area contributed by atoms with E-state index < -0.39 is 5.97 Å². The molecule has 0 saturated heterocycles. The Morgan fingerprint density at radius 2 is 2.05 bits per heavy atom. The number of hydrogen-bond donors (Lipinski definition) is 2. The number of aromatic nitrogens is 1. The number of carboxylic acids is 1. The predicted octanol–water partition coefficient (Wildman–Crippen LogP) is 2.42. The SMILES string of the molecule is Cc1cc(C(=O)NCCCCCC(=O)O)cc(Cl)n1. The van der Waals surface area contributed by atoms with Gasteiger partial charge in [0.05, 0.1) is 0 Å². The van der Waals surface area contributed by atoms with Gasteiger partial charge in [-0.2, -0.15) is 0 Å². The number of carbonyl (C=O) groups excluding carboxylic acids is 1. The molecule has 2 N–H and O–H groups in total. The van der Waals surface area contributed by atoms with Gasteiger partial charge in [-0.1, -0.05) is 18.0 Å². The fourth-order valence-corrected chi connectivity index (χ4v) is 1.89. The zero-order valence-electron chi connectivity index (χ0n) is 10.8. The van der Waals surface area contributed by atoms with Gasteiger partial charge in [-0.25, -0.2) is 4.98 Å². The Balaban J connectivity index is 2.29. The number of rotatable bonds is 7. The molecule has 19 heavy (non-hydrogen) atoms. The molecule has 5 nitrogen and oxygen atoms in total. The molecule has 0 aromatic carbocycles. The van der Waals surface area contributed by atoms with Gasteiger partial charge in [-0.15, -0.1) is 0 Å². The van der Waals surface area contributed by atoms with Crippen LogP contribution in [0, 0.1) is 6.92 Å². The zero-order valence-corrected chi connectivity index (χ0v) is 11.5. The molecule has 0 spiro atoms. The Bertz CT molecular complexity index is 443. The number of carboxylic acid groups (broad SMARTS) is 1. The smallest absolute Gasteiger partial charge is 0.303 e. The van der Waals surface area contributed by atoms with Crippen molar-refractivity contribution in [3.8, 4) is 0 Å². The quantitative estimate of drug-likeness (QED) is 0.595. The van der Waals surface area contributed by atoms with Gasteiger partial charge in [0.2, 0.25) is 0 Å². The maximum Gasteiger partial charge on any atom is 0.303 e. The number of pyridine rings is 1. The summed E-state index contributed by atoms with van der Waals surface area (Å²) in [5.41, 5.74) is 1.18. The van der Waals surface area contributed by atoms with Crippen LogP contribution >= 0.6 is 11.6 Å². The molecule has 1 heterocycles. The third kappa shape index (κ3) is 6.20. The standard InChI is InChI=1S/C13H17ClN2O3/c1-9-7-10(8-11(14)16-9)13(19)15-6-4-2-3-5-12(17)18/h7-8H,2-6H2,1H3,(H,15,19)(H,17,18). The maximum absolute atomic E-state index is 11.8. The van der Waals surface area contributed by atoms with Gasteiger partial charge < -0.3 is 10.4 Å². The van der Waals surface area contributed by atoms with Crippen molar-refractivity contribution in [1.29, 1.82) is 0 Å². The Hall–Kier alpha value is -1.62. The van der Waals surface area contributed by atoms with Gasteiger partial charge in [-0.05, 0) is 31.9 Å². The van der Waals surface area contributed by atoms with Crippen molar-refractivity contribution in [2.75, 3.05) is 6.54 Å². The molecule has 0 aliphatic rings. The molecular formula is C13H17ClN2O3. The van der Waals surface area contributed by atoms with E-state index in [-0.39, 0.29) is 12.3 Å². The Labute approximate surface area is 117 Å². The van der Waals surface area contributed by atoms with Crippen molar-refractivity contribution in [2.45, 2.75) is 32.6 Å². The van der Waals surface area contributed by atoms with E-state index in [1.165, 1.54) is 6.07 Å². The van der Waals surface area contributed by atoms with Crippen molar-refractivity contribution in [3.05, 3.63) is 28.5 Å². The third-order valence-electron chi connectivity index (χ3n) is 2.54. The normalized spacial score (nSPS) is 10.2. The van der Waals surface area contributed by atoms with Gasteiger partial charge in [-0.3, -0.25) is 9.59 Å². The first-order valence-corrected chi connectivity index (χ1v) is 6.51. The number of nitrogens with one attached hydrogen (secondary N) is 1. The van der Waals surface area contributed by atoms with E-state index >= 15 is 0 Å². The molecule has 0 unspecified atom stereocenters. The van der Waals surface area contributed by atoms with Crippen molar-refractivity contribution in [3.63, 3.8) is 0 Å². The summed E-state index contributed by atoms with van der Waals surface area (Å²) in [5.74, 6) is -0.975. The van der Waals surface area contributed by atoms with Crippen LogP contribution in [0.5, 0.6) is 0 Å². The zero-order chi connectivity index (χ0) is 14.3. The third-order valence-corrected chi connectivity index (χ3v) is 2.73. The summed E-state index contributed by atoms with van der Waals surface area (Å²) in [6, 6.07) is 3.19. The molecule has 0 radical (unpaired) electrons. The van der Waals surface area contributed by atoms with Crippen LogP contribution in [0.2, 0.25) is 5.15 Å². The van der Waals surface area contributed by atoms with Crippen LogP contribution in [0.15, 0.2) is 12.1 Å². The summed E-state index contributed by atoms with van der Waals surface area (Å²) in [4.78, 5) is 26.1. The Morgan fingerprint density at radius 3 is 2.68 bits per heavy atom. The van der Waals surface area contributed by atoms with Crippen molar-refractivity contribution >= 4 is 23.5 Å². The van der Waals surface area contributed by atoms with E-state index in [1.54, 1.807) is 13.0 Å². The second kappa shape index (κ2) is 7.74. The number of hydrogen-bond acceptors (Lipinski definition) is 3. The number of aryl methyl sites for hydroxylation is 1. The molecule has 0 aliphatic carbocycles. The number of amides is 1. The molecule has 1 aromatic rings. The minimum Gasteiger partial charge on any atom is -0.481 e. The summed E-state index contributed by atoms with van der Waals surface area (Å²) < 4.78 is 0. The molecule has 1 aromatic heterocycles. The average Bonchev–Trinajstić information content (AvgIpc) is 2.31. The fraction of sp³-hybridized carbons (Fsp3) is 0.462. The first-order valence-electron chi connectivity index (χ1n) is 6.13. The van der Waals surface area contributed by atoms with E-state index in [0.29, 0.717) is 29.4 Å².